The second-order valence-electron chi connectivity index (χ2n) is 5.18. The molecule has 0 atom stereocenters. The number of halogens is 1. The number of nitrogens with zero attached hydrogens (tertiary/aromatic N) is 3. The number of aliphatic hydroxyl groups excluding tert-OH is 1. The lowest BCUT2D eigenvalue weighted by Gasteiger charge is -2.20. The van der Waals surface area contributed by atoms with Crippen LogP contribution in [0.1, 0.15) is 32.2 Å². The topological polar surface area (TPSA) is 50.9 Å². The first-order valence-electron chi connectivity index (χ1n) is 5.75. The van der Waals surface area contributed by atoms with E-state index >= 15 is 0 Å². The number of rotatable bonds is 2. The van der Waals surface area contributed by atoms with E-state index in [1.165, 1.54) is 0 Å². The Morgan fingerprint density at radius 3 is 2.61 bits per heavy atom. The molecule has 0 bridgehead atoms. The first-order chi connectivity index (χ1) is 8.43. The maximum Gasteiger partial charge on any atom is 0.112 e. The van der Waals surface area contributed by atoms with Gasteiger partial charge in [0.05, 0.1) is 18.0 Å². The Morgan fingerprint density at radius 1 is 1.33 bits per heavy atom. The zero-order valence-electron chi connectivity index (χ0n) is 10.7. The van der Waals surface area contributed by atoms with E-state index in [0.717, 1.165) is 11.4 Å². The van der Waals surface area contributed by atoms with Gasteiger partial charge in [0.15, 0.2) is 0 Å². The normalized spacial score (nSPS) is 11.8. The van der Waals surface area contributed by atoms with Crippen LogP contribution in [-0.2, 0) is 12.0 Å². The van der Waals surface area contributed by atoms with Crippen molar-refractivity contribution in [1.29, 1.82) is 0 Å². The molecule has 0 unspecified atom stereocenters. The van der Waals surface area contributed by atoms with Gasteiger partial charge in [0.25, 0.3) is 0 Å². The van der Waals surface area contributed by atoms with E-state index in [0.29, 0.717) is 10.7 Å². The van der Waals surface area contributed by atoms with E-state index in [1.807, 2.05) is 24.3 Å². The summed E-state index contributed by atoms with van der Waals surface area (Å²) in [5, 5.41) is 18.1. The molecule has 1 aromatic heterocycles. The fraction of sp³-hybridized carbons (Fsp3) is 0.385. The summed E-state index contributed by atoms with van der Waals surface area (Å²) < 4.78 is 1.73. The van der Waals surface area contributed by atoms with Crippen LogP contribution >= 0.6 is 11.6 Å². The molecule has 1 heterocycles. The molecule has 1 N–H and O–H groups in total. The van der Waals surface area contributed by atoms with Gasteiger partial charge in [0.1, 0.15) is 5.69 Å². The Balaban J connectivity index is 2.62. The maximum absolute atomic E-state index is 9.35. The van der Waals surface area contributed by atoms with Crippen LogP contribution in [0.25, 0.3) is 5.69 Å². The third-order valence-electron chi connectivity index (χ3n) is 2.65. The summed E-state index contributed by atoms with van der Waals surface area (Å²) in [6.45, 7) is 6.07. The number of hydrogen-bond acceptors (Lipinski definition) is 3. The smallest absolute Gasteiger partial charge is 0.112 e. The lowest BCUT2D eigenvalue weighted by Crippen LogP contribution is -2.19. The van der Waals surface area contributed by atoms with Crippen molar-refractivity contribution in [2.75, 3.05) is 0 Å². The fourth-order valence-corrected chi connectivity index (χ4v) is 2.14. The molecule has 0 aliphatic carbocycles. The lowest BCUT2D eigenvalue weighted by atomic mass is 9.90. The SMILES string of the molecule is CC(C)(C)c1c(CO)nnn1-c1cccc(Cl)c1. The monoisotopic (exact) mass is 265 g/mol. The number of benzene rings is 1. The molecular weight excluding hydrogens is 250 g/mol. The van der Waals surface area contributed by atoms with Gasteiger partial charge < -0.3 is 5.11 Å². The van der Waals surface area contributed by atoms with E-state index < -0.39 is 0 Å². The Hall–Kier alpha value is -1.39. The Bertz CT molecular complexity index is 558. The van der Waals surface area contributed by atoms with Crippen LogP contribution in [-0.4, -0.2) is 20.1 Å². The number of aliphatic hydroxyl groups is 1. The van der Waals surface area contributed by atoms with Gasteiger partial charge in [0, 0.05) is 10.4 Å². The first-order valence-corrected chi connectivity index (χ1v) is 6.13. The summed E-state index contributed by atoms with van der Waals surface area (Å²) in [4.78, 5) is 0. The van der Waals surface area contributed by atoms with E-state index in [4.69, 9.17) is 11.6 Å². The largest absolute Gasteiger partial charge is 0.390 e. The summed E-state index contributed by atoms with van der Waals surface area (Å²) in [7, 11) is 0. The van der Waals surface area contributed by atoms with Crippen molar-refractivity contribution < 1.29 is 5.11 Å². The van der Waals surface area contributed by atoms with E-state index in [-0.39, 0.29) is 12.0 Å². The zero-order valence-corrected chi connectivity index (χ0v) is 11.4. The molecular formula is C13H16ClN3O. The molecule has 0 saturated heterocycles. The van der Waals surface area contributed by atoms with Gasteiger partial charge in [-0.05, 0) is 18.2 Å². The molecule has 2 rings (SSSR count). The highest BCUT2D eigenvalue weighted by Crippen LogP contribution is 2.27. The highest BCUT2D eigenvalue weighted by molar-refractivity contribution is 6.30. The van der Waals surface area contributed by atoms with Gasteiger partial charge in [-0.3, -0.25) is 0 Å². The van der Waals surface area contributed by atoms with E-state index in [2.05, 4.69) is 31.1 Å². The number of hydrogen-bond donors (Lipinski definition) is 1. The molecule has 0 spiro atoms. The minimum atomic E-state index is -0.163. The molecule has 2 aromatic rings. The van der Waals surface area contributed by atoms with Crippen LogP contribution in [0.5, 0.6) is 0 Å². The van der Waals surface area contributed by atoms with Crippen molar-refractivity contribution in [2.45, 2.75) is 32.8 Å². The molecule has 0 amide bonds. The average Bonchev–Trinajstić information content (AvgIpc) is 2.72. The standard InChI is InChI=1S/C13H16ClN3O/c1-13(2,3)12-11(8-18)15-16-17(12)10-6-4-5-9(14)7-10/h4-7,18H,8H2,1-3H3. The molecule has 5 heteroatoms. The van der Waals surface area contributed by atoms with Gasteiger partial charge in [0.2, 0.25) is 0 Å². The van der Waals surface area contributed by atoms with Crippen LogP contribution in [0.4, 0.5) is 0 Å². The third kappa shape index (κ3) is 2.40. The summed E-state index contributed by atoms with van der Waals surface area (Å²) in [6.07, 6.45) is 0. The van der Waals surface area contributed by atoms with Crippen molar-refractivity contribution in [1.82, 2.24) is 15.0 Å². The minimum Gasteiger partial charge on any atom is -0.390 e. The van der Waals surface area contributed by atoms with Crippen LogP contribution < -0.4 is 0 Å². The Labute approximate surface area is 111 Å². The van der Waals surface area contributed by atoms with Crippen molar-refractivity contribution in [3.63, 3.8) is 0 Å². The molecule has 96 valence electrons. The highest BCUT2D eigenvalue weighted by atomic mass is 35.5. The first kappa shape index (κ1) is 13.1. The van der Waals surface area contributed by atoms with Crippen molar-refractivity contribution >= 4 is 11.6 Å². The average molecular weight is 266 g/mol. The number of aromatic nitrogens is 3. The third-order valence-corrected chi connectivity index (χ3v) is 2.89. The van der Waals surface area contributed by atoms with E-state index in [1.54, 1.807) is 4.68 Å². The summed E-state index contributed by atoms with van der Waals surface area (Å²) in [5.41, 5.74) is 2.18. The molecule has 0 saturated carbocycles. The second kappa shape index (κ2) is 4.71. The summed E-state index contributed by atoms with van der Waals surface area (Å²) >= 11 is 5.99. The van der Waals surface area contributed by atoms with Gasteiger partial charge in [-0.15, -0.1) is 5.10 Å². The summed E-state index contributed by atoms with van der Waals surface area (Å²) in [5.74, 6) is 0. The van der Waals surface area contributed by atoms with Crippen LogP contribution in [0, 0.1) is 0 Å². The lowest BCUT2D eigenvalue weighted by molar-refractivity contribution is 0.273. The second-order valence-corrected chi connectivity index (χ2v) is 5.62. The van der Waals surface area contributed by atoms with Gasteiger partial charge in [-0.1, -0.05) is 43.7 Å². The van der Waals surface area contributed by atoms with Gasteiger partial charge in [-0.25, -0.2) is 4.68 Å². The molecule has 0 radical (unpaired) electrons. The molecule has 1 aromatic carbocycles. The van der Waals surface area contributed by atoms with Crippen molar-refractivity contribution in [3.8, 4) is 5.69 Å². The summed E-state index contributed by atoms with van der Waals surface area (Å²) in [6, 6.07) is 7.42. The molecule has 0 aliphatic rings. The Morgan fingerprint density at radius 2 is 2.06 bits per heavy atom. The Kier molecular flexibility index (Phi) is 3.41. The van der Waals surface area contributed by atoms with Crippen LogP contribution in [0.15, 0.2) is 24.3 Å². The molecule has 0 aliphatic heterocycles. The highest BCUT2D eigenvalue weighted by Gasteiger charge is 2.25. The van der Waals surface area contributed by atoms with Crippen LogP contribution in [0.3, 0.4) is 0 Å². The predicted molar refractivity (Wildman–Crippen MR) is 71.0 cm³/mol. The molecule has 18 heavy (non-hydrogen) atoms. The minimum absolute atomic E-state index is 0.118. The predicted octanol–water partition coefficient (Wildman–Crippen LogP) is 2.71. The van der Waals surface area contributed by atoms with Gasteiger partial charge >= 0.3 is 0 Å². The van der Waals surface area contributed by atoms with Crippen molar-refractivity contribution in [3.05, 3.63) is 40.7 Å². The maximum atomic E-state index is 9.35. The quantitative estimate of drug-likeness (QED) is 0.908. The molecule has 0 fully saturated rings. The van der Waals surface area contributed by atoms with Gasteiger partial charge in [-0.2, -0.15) is 0 Å². The van der Waals surface area contributed by atoms with Crippen molar-refractivity contribution in [2.24, 2.45) is 0 Å². The van der Waals surface area contributed by atoms with E-state index in [9.17, 15) is 5.11 Å². The van der Waals surface area contributed by atoms with Crippen LogP contribution in [0.2, 0.25) is 5.02 Å². The molecule has 4 nitrogen and oxygen atoms in total. The fourth-order valence-electron chi connectivity index (χ4n) is 1.96. The zero-order chi connectivity index (χ0) is 13.3.